The minimum absolute atomic E-state index is 0.0817. The third kappa shape index (κ3) is 8.44. The molecule has 10 nitrogen and oxygen atoms in total. The average molecular weight is 478 g/mol. The fraction of sp³-hybridized carbons (Fsp3) is 0.409. The van der Waals surface area contributed by atoms with E-state index in [1.807, 2.05) is 38.9 Å². The highest BCUT2D eigenvalue weighted by atomic mass is 32.2. The molecule has 11 heteroatoms. The number of sulfonamides is 1. The Kier molecular flexibility index (Phi) is 9.32. The second kappa shape index (κ2) is 11.7. The van der Waals surface area contributed by atoms with Crippen molar-refractivity contribution in [2.75, 3.05) is 37.8 Å². The van der Waals surface area contributed by atoms with Gasteiger partial charge in [0.2, 0.25) is 15.9 Å². The molecule has 180 valence electrons. The van der Waals surface area contributed by atoms with Gasteiger partial charge in [-0.25, -0.2) is 13.1 Å². The lowest BCUT2D eigenvalue weighted by molar-refractivity contribution is -0.384. The van der Waals surface area contributed by atoms with Crippen molar-refractivity contribution >= 4 is 33.0 Å². The minimum atomic E-state index is -3.87. The van der Waals surface area contributed by atoms with Gasteiger partial charge in [-0.15, -0.1) is 0 Å². The van der Waals surface area contributed by atoms with Crippen molar-refractivity contribution in [3.63, 3.8) is 0 Å². The van der Waals surface area contributed by atoms with Crippen molar-refractivity contribution in [2.45, 2.75) is 31.7 Å². The lowest BCUT2D eigenvalue weighted by Gasteiger charge is -2.13. The van der Waals surface area contributed by atoms with E-state index in [2.05, 4.69) is 15.4 Å². The number of hydrogen-bond acceptors (Lipinski definition) is 7. The van der Waals surface area contributed by atoms with Gasteiger partial charge in [0.05, 0.1) is 9.82 Å². The molecule has 2 aromatic carbocycles. The predicted molar refractivity (Wildman–Crippen MR) is 129 cm³/mol. The summed E-state index contributed by atoms with van der Waals surface area (Å²) in [6.45, 7) is 4.86. The molecule has 2 aromatic rings. The number of amides is 1. The van der Waals surface area contributed by atoms with Crippen LogP contribution >= 0.6 is 0 Å². The van der Waals surface area contributed by atoms with Crippen molar-refractivity contribution in [3.05, 3.63) is 58.1 Å². The Balaban J connectivity index is 2.13. The molecule has 0 unspecified atom stereocenters. The molecule has 3 N–H and O–H groups in total. The smallest absolute Gasteiger partial charge is 0.293 e. The second-order valence-electron chi connectivity index (χ2n) is 8.34. The van der Waals surface area contributed by atoms with Gasteiger partial charge in [0.15, 0.2) is 0 Å². The normalized spacial score (nSPS) is 11.6. The van der Waals surface area contributed by atoms with E-state index in [0.717, 1.165) is 11.6 Å². The van der Waals surface area contributed by atoms with Crippen LogP contribution in [0.15, 0.2) is 47.4 Å². The number of benzene rings is 2. The van der Waals surface area contributed by atoms with Crippen LogP contribution in [-0.2, 0) is 21.4 Å². The Morgan fingerprint density at radius 3 is 2.52 bits per heavy atom. The highest BCUT2D eigenvalue weighted by molar-refractivity contribution is 7.89. The number of hydrogen-bond donors (Lipinski definition) is 3. The highest BCUT2D eigenvalue weighted by Crippen LogP contribution is 2.28. The number of carbonyl (C=O) groups excluding carboxylic acids is 1. The lowest BCUT2D eigenvalue weighted by Crippen LogP contribution is -2.31. The van der Waals surface area contributed by atoms with Gasteiger partial charge in [0.1, 0.15) is 5.69 Å². The number of nitro benzene ring substituents is 1. The zero-order chi connectivity index (χ0) is 24.6. The highest BCUT2D eigenvalue weighted by Gasteiger charge is 2.21. The summed E-state index contributed by atoms with van der Waals surface area (Å²) < 4.78 is 27.4. The Hall–Kier alpha value is -3.02. The van der Waals surface area contributed by atoms with Gasteiger partial charge in [0.25, 0.3) is 5.69 Å². The molecule has 0 atom stereocenters. The molecule has 0 heterocycles. The number of nitrogens with zero attached hydrogens (tertiary/aromatic N) is 2. The van der Waals surface area contributed by atoms with Crippen LogP contribution in [0.25, 0.3) is 0 Å². The van der Waals surface area contributed by atoms with Crippen molar-refractivity contribution < 1.29 is 18.1 Å². The van der Waals surface area contributed by atoms with Crippen molar-refractivity contribution in [3.8, 4) is 0 Å². The average Bonchev–Trinajstić information content (AvgIpc) is 2.71. The van der Waals surface area contributed by atoms with E-state index in [0.29, 0.717) is 18.7 Å². The van der Waals surface area contributed by atoms with Crippen LogP contribution in [0.3, 0.4) is 0 Å². The number of likely N-dealkylation sites (N-methyl/N-ethyl adjacent to an activating group) is 1. The molecule has 0 spiro atoms. The van der Waals surface area contributed by atoms with Gasteiger partial charge in [-0.3, -0.25) is 14.9 Å². The Bertz CT molecular complexity index is 1090. The summed E-state index contributed by atoms with van der Waals surface area (Å²) >= 11 is 0. The standard InChI is InChI=1S/C22H31N5O5S/c1-16(2)12-22(28)25-18-7-5-6-17(13-18)15-23-20-9-8-19(14-21(20)27(29)30)33(31,32)24-10-11-26(3)4/h5-9,13-14,16,23-24H,10-12,15H2,1-4H3,(H,25,28). The molecule has 33 heavy (non-hydrogen) atoms. The summed E-state index contributed by atoms with van der Waals surface area (Å²) in [6, 6.07) is 10.9. The lowest BCUT2D eigenvalue weighted by atomic mass is 10.1. The summed E-state index contributed by atoms with van der Waals surface area (Å²) in [5, 5.41) is 17.4. The van der Waals surface area contributed by atoms with Gasteiger partial charge in [0, 0.05) is 37.8 Å². The van der Waals surface area contributed by atoms with Gasteiger partial charge >= 0.3 is 0 Å². The van der Waals surface area contributed by atoms with Crippen LogP contribution < -0.4 is 15.4 Å². The summed E-state index contributed by atoms with van der Waals surface area (Å²) in [5.41, 5.74) is 1.29. The number of anilines is 2. The maximum Gasteiger partial charge on any atom is 0.293 e. The van der Waals surface area contributed by atoms with Gasteiger partial charge in [-0.2, -0.15) is 0 Å². The maximum atomic E-state index is 12.5. The molecular formula is C22H31N5O5S. The number of rotatable bonds is 12. The monoisotopic (exact) mass is 477 g/mol. The summed E-state index contributed by atoms with van der Waals surface area (Å²) in [7, 11) is -0.242. The fourth-order valence-corrected chi connectivity index (χ4v) is 4.05. The molecule has 0 saturated carbocycles. The molecule has 0 aliphatic carbocycles. The molecule has 1 amide bonds. The number of carbonyl (C=O) groups is 1. The van der Waals surface area contributed by atoms with Crippen LogP contribution in [0.1, 0.15) is 25.8 Å². The first-order valence-electron chi connectivity index (χ1n) is 10.5. The van der Waals surface area contributed by atoms with Crippen LogP contribution in [0, 0.1) is 16.0 Å². The molecule has 0 aliphatic rings. The van der Waals surface area contributed by atoms with Crippen LogP contribution in [-0.4, -0.2) is 51.3 Å². The van der Waals surface area contributed by atoms with E-state index in [1.54, 1.807) is 18.2 Å². The van der Waals surface area contributed by atoms with Crippen LogP contribution in [0.2, 0.25) is 0 Å². The SMILES string of the molecule is CC(C)CC(=O)Nc1cccc(CNc2ccc(S(=O)(=O)NCCN(C)C)cc2[N+](=O)[O-])c1. The molecule has 0 bridgehead atoms. The van der Waals surface area contributed by atoms with E-state index in [4.69, 9.17) is 0 Å². The van der Waals surface area contributed by atoms with Crippen molar-refractivity contribution in [1.82, 2.24) is 9.62 Å². The molecule has 0 aromatic heterocycles. The Morgan fingerprint density at radius 2 is 1.88 bits per heavy atom. The van der Waals surface area contributed by atoms with E-state index in [-0.39, 0.29) is 41.2 Å². The Labute approximate surface area is 194 Å². The maximum absolute atomic E-state index is 12.5. The summed E-state index contributed by atoms with van der Waals surface area (Å²) in [4.78, 5) is 24.6. The second-order valence-corrected chi connectivity index (χ2v) is 10.1. The van der Waals surface area contributed by atoms with E-state index < -0.39 is 14.9 Å². The molecule has 2 rings (SSSR count). The largest absolute Gasteiger partial charge is 0.375 e. The molecule has 0 radical (unpaired) electrons. The number of nitro groups is 1. The van der Waals surface area contributed by atoms with E-state index in [9.17, 15) is 23.3 Å². The zero-order valence-electron chi connectivity index (χ0n) is 19.3. The van der Waals surface area contributed by atoms with Gasteiger partial charge in [-0.1, -0.05) is 26.0 Å². The van der Waals surface area contributed by atoms with Gasteiger partial charge in [-0.05, 0) is 49.8 Å². The van der Waals surface area contributed by atoms with Crippen molar-refractivity contribution in [1.29, 1.82) is 0 Å². The first-order valence-corrected chi connectivity index (χ1v) is 12.0. The predicted octanol–water partition coefficient (Wildman–Crippen LogP) is 3.03. The molecular weight excluding hydrogens is 446 g/mol. The van der Waals surface area contributed by atoms with E-state index in [1.165, 1.54) is 12.1 Å². The topological polar surface area (TPSA) is 134 Å². The Morgan fingerprint density at radius 1 is 1.15 bits per heavy atom. The molecule has 0 aliphatic heterocycles. The van der Waals surface area contributed by atoms with E-state index >= 15 is 0 Å². The summed E-state index contributed by atoms with van der Waals surface area (Å²) in [5.74, 6) is 0.159. The van der Waals surface area contributed by atoms with Gasteiger partial charge < -0.3 is 15.5 Å². The third-order valence-electron chi connectivity index (χ3n) is 4.61. The zero-order valence-corrected chi connectivity index (χ0v) is 20.1. The first kappa shape index (κ1) is 26.2. The minimum Gasteiger partial charge on any atom is -0.375 e. The van der Waals surface area contributed by atoms with Crippen LogP contribution in [0.5, 0.6) is 0 Å². The first-order chi connectivity index (χ1) is 15.5. The number of nitrogens with one attached hydrogen (secondary N) is 3. The fourth-order valence-electron chi connectivity index (χ4n) is 3.01. The molecule has 0 saturated heterocycles. The third-order valence-corrected chi connectivity index (χ3v) is 6.07. The quantitative estimate of drug-likeness (QED) is 0.316. The van der Waals surface area contributed by atoms with Crippen molar-refractivity contribution in [2.24, 2.45) is 5.92 Å². The summed E-state index contributed by atoms with van der Waals surface area (Å²) in [6.07, 6.45) is 0.411. The molecule has 0 fully saturated rings. The van der Waals surface area contributed by atoms with Crippen LogP contribution in [0.4, 0.5) is 17.1 Å².